The van der Waals surface area contributed by atoms with Crippen LogP contribution < -0.4 is 0 Å². The average molecular weight is 392 g/mol. The van der Waals surface area contributed by atoms with Gasteiger partial charge >= 0.3 is 0 Å². The number of piperidine rings is 1. The number of alkyl halides is 1. The van der Waals surface area contributed by atoms with E-state index in [-0.39, 0.29) is 6.42 Å². The van der Waals surface area contributed by atoms with E-state index in [9.17, 15) is 19.4 Å². The van der Waals surface area contributed by atoms with Crippen molar-refractivity contribution in [2.24, 2.45) is 0 Å². The number of Topliss-reactive ketones (excluding diaryl/α,β-unsaturated/α-hetero) is 1. The monoisotopic (exact) mass is 391 g/mol. The summed E-state index contributed by atoms with van der Waals surface area (Å²) < 4.78 is 14.6. The number of rotatable bonds is 6. The van der Waals surface area contributed by atoms with Crippen molar-refractivity contribution in [3.05, 3.63) is 70.7 Å². The molecule has 1 aliphatic rings. The minimum absolute atomic E-state index is 0.328. The molecule has 6 heteroatoms. The third-order valence-electron chi connectivity index (χ3n) is 5.19. The number of ketones is 1. The van der Waals surface area contributed by atoms with E-state index >= 15 is 0 Å². The summed E-state index contributed by atoms with van der Waals surface area (Å²) in [6.07, 6.45) is -2.45. The van der Waals surface area contributed by atoms with E-state index in [1.807, 2.05) is 0 Å². The van der Waals surface area contributed by atoms with Crippen molar-refractivity contribution in [2.75, 3.05) is 13.1 Å². The number of halogens is 2. The summed E-state index contributed by atoms with van der Waals surface area (Å²) in [5.74, 6) is -0.549. The van der Waals surface area contributed by atoms with Gasteiger partial charge in [-0.05, 0) is 36.1 Å². The van der Waals surface area contributed by atoms with Crippen molar-refractivity contribution in [2.45, 2.75) is 37.3 Å². The molecule has 0 aromatic heterocycles. The van der Waals surface area contributed by atoms with Crippen LogP contribution in [0.1, 0.15) is 36.5 Å². The van der Waals surface area contributed by atoms with Crippen molar-refractivity contribution in [3.8, 4) is 0 Å². The lowest BCUT2D eigenvalue weighted by Gasteiger charge is -2.39. The zero-order valence-electron chi connectivity index (χ0n) is 14.9. The second-order valence-corrected chi connectivity index (χ2v) is 7.43. The summed E-state index contributed by atoms with van der Waals surface area (Å²) in [5, 5.41) is 21.6. The summed E-state index contributed by atoms with van der Waals surface area (Å²) in [5.41, 5.74) is 0.206. The highest BCUT2D eigenvalue weighted by molar-refractivity contribution is 6.30. The molecule has 0 spiro atoms. The Morgan fingerprint density at radius 3 is 2.30 bits per heavy atom. The molecule has 1 saturated heterocycles. The summed E-state index contributed by atoms with van der Waals surface area (Å²) in [6.45, 7) is 0.657. The maximum Gasteiger partial charge on any atom is 0.170 e. The molecule has 0 bridgehead atoms. The zero-order valence-corrected chi connectivity index (χ0v) is 15.6. The van der Waals surface area contributed by atoms with Gasteiger partial charge in [0.15, 0.2) is 12.1 Å². The Kier molecular flexibility index (Phi) is 6.27. The van der Waals surface area contributed by atoms with Crippen LogP contribution in [-0.4, -0.2) is 40.3 Å². The number of carbonyl (C=O) groups excluding carboxylic acids is 1. The Morgan fingerprint density at radius 1 is 1.11 bits per heavy atom. The molecule has 1 heterocycles. The fourth-order valence-corrected chi connectivity index (χ4v) is 3.58. The molecule has 2 aromatic carbocycles. The maximum absolute atomic E-state index is 14.6. The highest BCUT2D eigenvalue weighted by Gasteiger charge is 2.37. The van der Waals surface area contributed by atoms with Gasteiger partial charge in [0.05, 0.1) is 12.0 Å². The van der Waals surface area contributed by atoms with E-state index in [2.05, 4.69) is 0 Å². The molecule has 0 radical (unpaired) electrons. The predicted molar refractivity (Wildman–Crippen MR) is 102 cm³/mol. The molecule has 0 aliphatic carbocycles. The van der Waals surface area contributed by atoms with Crippen molar-refractivity contribution in [1.29, 1.82) is 0 Å². The molecule has 1 aliphatic heterocycles. The van der Waals surface area contributed by atoms with Crippen LogP contribution in [0.5, 0.6) is 0 Å². The van der Waals surface area contributed by atoms with Crippen LogP contribution in [0.15, 0.2) is 54.6 Å². The molecule has 27 heavy (non-hydrogen) atoms. The maximum atomic E-state index is 14.6. The first-order valence-electron chi connectivity index (χ1n) is 9.01. The lowest BCUT2D eigenvalue weighted by atomic mass is 9.84. The summed E-state index contributed by atoms with van der Waals surface area (Å²) >= 11 is 5.89. The highest BCUT2D eigenvalue weighted by Crippen LogP contribution is 2.34. The smallest absolute Gasteiger partial charge is 0.170 e. The van der Waals surface area contributed by atoms with Crippen molar-refractivity contribution in [3.63, 3.8) is 0 Å². The molecule has 144 valence electrons. The number of nitrogens with zero attached hydrogens (tertiary/aromatic N) is 1. The molecule has 4 nitrogen and oxygen atoms in total. The second-order valence-electron chi connectivity index (χ2n) is 6.99. The number of benzene rings is 2. The lowest BCUT2D eigenvalue weighted by Crippen LogP contribution is -2.46. The molecule has 0 saturated carbocycles. The summed E-state index contributed by atoms with van der Waals surface area (Å²) in [4.78, 5) is 13.7. The van der Waals surface area contributed by atoms with Gasteiger partial charge in [0.25, 0.3) is 0 Å². The van der Waals surface area contributed by atoms with Crippen molar-refractivity contribution in [1.82, 2.24) is 4.90 Å². The van der Waals surface area contributed by atoms with Gasteiger partial charge in [-0.15, -0.1) is 0 Å². The van der Waals surface area contributed by atoms with Gasteiger partial charge in [-0.3, -0.25) is 9.69 Å². The van der Waals surface area contributed by atoms with E-state index < -0.39 is 23.8 Å². The van der Waals surface area contributed by atoms with E-state index in [1.54, 1.807) is 59.5 Å². The molecule has 2 aromatic rings. The molecule has 2 N–H and O–H groups in total. The number of aliphatic hydroxyl groups is 2. The van der Waals surface area contributed by atoms with E-state index in [1.165, 1.54) is 0 Å². The normalized spacial score (nSPS) is 19.4. The molecule has 2 unspecified atom stereocenters. The van der Waals surface area contributed by atoms with Gasteiger partial charge in [-0.1, -0.05) is 54.1 Å². The second kappa shape index (κ2) is 8.48. The van der Waals surface area contributed by atoms with Crippen LogP contribution in [0.2, 0.25) is 5.02 Å². The molecular weight excluding hydrogens is 369 g/mol. The van der Waals surface area contributed by atoms with Gasteiger partial charge in [0.1, 0.15) is 6.10 Å². The van der Waals surface area contributed by atoms with Crippen molar-refractivity contribution < 1.29 is 19.4 Å². The van der Waals surface area contributed by atoms with E-state index in [0.29, 0.717) is 36.5 Å². The van der Waals surface area contributed by atoms with Crippen molar-refractivity contribution >= 4 is 17.4 Å². The third kappa shape index (κ3) is 4.74. The number of hydrogen-bond donors (Lipinski definition) is 2. The minimum atomic E-state index is -1.48. The first kappa shape index (κ1) is 20.0. The standard InChI is InChI=1S/C21H23ClFNO3/c22-17-8-6-16(7-9-17)21(27)10-12-24(13-11-21)19(23)14-18(25)20(26)15-4-2-1-3-5-15/h1-9,19-20,26-27H,10-14H2. The molecular formula is C21H23ClFNO3. The molecule has 3 rings (SSSR count). The molecule has 0 amide bonds. The van der Waals surface area contributed by atoms with Gasteiger partial charge in [0.2, 0.25) is 0 Å². The first-order valence-corrected chi connectivity index (χ1v) is 9.39. The fraction of sp³-hybridized carbons (Fsp3) is 0.381. The minimum Gasteiger partial charge on any atom is -0.385 e. The number of carbonyl (C=O) groups is 1. The SMILES string of the molecule is O=C(CC(F)N1CCC(O)(c2ccc(Cl)cc2)CC1)C(O)c1ccccc1. The van der Waals surface area contributed by atoms with Gasteiger partial charge < -0.3 is 10.2 Å². The highest BCUT2D eigenvalue weighted by atomic mass is 35.5. The van der Waals surface area contributed by atoms with E-state index in [0.717, 1.165) is 5.56 Å². The Balaban J connectivity index is 1.56. The molecule has 1 fully saturated rings. The van der Waals surface area contributed by atoms with Gasteiger partial charge in [-0.25, -0.2) is 4.39 Å². The summed E-state index contributed by atoms with van der Waals surface area (Å²) in [7, 11) is 0. The number of likely N-dealkylation sites (tertiary alicyclic amines) is 1. The van der Waals surface area contributed by atoms with Crippen LogP contribution in [0.25, 0.3) is 0 Å². The Labute approximate surface area is 163 Å². The Bertz CT molecular complexity index is 761. The Hall–Kier alpha value is -1.79. The molecule has 2 atom stereocenters. The topological polar surface area (TPSA) is 60.8 Å². The quantitative estimate of drug-likeness (QED) is 0.738. The van der Waals surface area contributed by atoms with Crippen LogP contribution in [0.4, 0.5) is 4.39 Å². The first-order chi connectivity index (χ1) is 12.9. The van der Waals surface area contributed by atoms with Gasteiger partial charge in [0, 0.05) is 18.1 Å². The fourth-order valence-electron chi connectivity index (χ4n) is 3.45. The Morgan fingerprint density at radius 2 is 1.70 bits per heavy atom. The average Bonchev–Trinajstić information content (AvgIpc) is 2.69. The number of hydrogen-bond acceptors (Lipinski definition) is 4. The van der Waals surface area contributed by atoms with Crippen LogP contribution in [0.3, 0.4) is 0 Å². The van der Waals surface area contributed by atoms with Gasteiger partial charge in [-0.2, -0.15) is 0 Å². The zero-order chi connectivity index (χ0) is 19.4. The predicted octanol–water partition coefficient (Wildman–Crippen LogP) is 3.61. The lowest BCUT2D eigenvalue weighted by molar-refractivity contribution is -0.131. The summed E-state index contributed by atoms with van der Waals surface area (Å²) in [6, 6.07) is 15.5. The number of aliphatic hydroxyl groups excluding tert-OH is 1. The largest absolute Gasteiger partial charge is 0.385 e. The van der Waals surface area contributed by atoms with Crippen LogP contribution >= 0.6 is 11.6 Å². The van der Waals surface area contributed by atoms with Crippen LogP contribution in [-0.2, 0) is 10.4 Å². The third-order valence-corrected chi connectivity index (χ3v) is 5.44. The van der Waals surface area contributed by atoms with E-state index in [4.69, 9.17) is 11.6 Å². The van der Waals surface area contributed by atoms with Crippen LogP contribution in [0, 0.1) is 0 Å².